The van der Waals surface area contributed by atoms with Crippen LogP contribution in [0, 0.1) is 0 Å². The third-order valence-corrected chi connectivity index (χ3v) is 3.68. The van der Waals surface area contributed by atoms with Crippen molar-refractivity contribution in [2.45, 2.75) is 83.2 Å². The predicted octanol–water partition coefficient (Wildman–Crippen LogP) is 4.17. The molecule has 0 aromatic heterocycles. The van der Waals surface area contributed by atoms with Crippen molar-refractivity contribution in [2.75, 3.05) is 0 Å². The molecular formula is C16H28O2. The third kappa shape index (κ3) is 7.65. The summed E-state index contributed by atoms with van der Waals surface area (Å²) in [6, 6.07) is 0. The summed E-state index contributed by atoms with van der Waals surface area (Å²) < 4.78 is 0. The zero-order valence-corrected chi connectivity index (χ0v) is 11.6. The van der Waals surface area contributed by atoms with Crippen LogP contribution in [0.2, 0.25) is 0 Å². The van der Waals surface area contributed by atoms with Gasteiger partial charge in [0.05, 0.1) is 0 Å². The van der Waals surface area contributed by atoms with Crippen LogP contribution < -0.4 is 0 Å². The van der Waals surface area contributed by atoms with Crippen LogP contribution >= 0.6 is 0 Å². The van der Waals surface area contributed by atoms with Gasteiger partial charge >= 0.3 is 0 Å². The summed E-state index contributed by atoms with van der Waals surface area (Å²) in [5.41, 5.74) is 0. The highest BCUT2D eigenvalue weighted by molar-refractivity contribution is 5.82. The zero-order valence-electron chi connectivity index (χ0n) is 11.6. The fourth-order valence-electron chi connectivity index (χ4n) is 2.43. The molecule has 18 heavy (non-hydrogen) atoms. The number of aliphatic hydroxyl groups is 1. The van der Waals surface area contributed by atoms with Gasteiger partial charge in [-0.1, -0.05) is 44.3 Å². The Morgan fingerprint density at radius 1 is 0.833 bits per heavy atom. The molecule has 0 spiro atoms. The number of carbonyl (C=O) groups excluding carboxylic acids is 1. The second kappa shape index (κ2) is 10.3. The Labute approximate surface area is 111 Å². The lowest BCUT2D eigenvalue weighted by Gasteiger charge is -2.09. The second-order valence-electron chi connectivity index (χ2n) is 5.40. The lowest BCUT2D eigenvalue weighted by atomic mass is 10.0. The van der Waals surface area contributed by atoms with E-state index < -0.39 is 6.10 Å². The molecule has 1 atom stereocenters. The van der Waals surface area contributed by atoms with Crippen molar-refractivity contribution in [3.05, 3.63) is 12.2 Å². The van der Waals surface area contributed by atoms with E-state index in [9.17, 15) is 9.90 Å². The number of aliphatic hydroxyl groups excluding tert-OH is 1. The molecule has 2 nitrogen and oxygen atoms in total. The van der Waals surface area contributed by atoms with Gasteiger partial charge in [0.15, 0.2) is 5.78 Å². The quantitative estimate of drug-likeness (QED) is 0.657. The van der Waals surface area contributed by atoms with E-state index in [-0.39, 0.29) is 5.78 Å². The van der Waals surface area contributed by atoms with Crippen molar-refractivity contribution >= 4 is 5.78 Å². The highest BCUT2D eigenvalue weighted by Gasteiger charge is 2.13. The van der Waals surface area contributed by atoms with Gasteiger partial charge in [-0.25, -0.2) is 0 Å². The molecule has 0 radical (unpaired) electrons. The Morgan fingerprint density at radius 3 is 2.11 bits per heavy atom. The summed E-state index contributed by atoms with van der Waals surface area (Å²) in [6.45, 7) is 0. The van der Waals surface area contributed by atoms with Crippen LogP contribution in [0.4, 0.5) is 0 Å². The summed E-state index contributed by atoms with van der Waals surface area (Å²) in [6.07, 6.45) is 16.6. The van der Waals surface area contributed by atoms with E-state index in [4.69, 9.17) is 0 Å². The average molecular weight is 252 g/mol. The van der Waals surface area contributed by atoms with Crippen molar-refractivity contribution in [3.8, 4) is 0 Å². The van der Waals surface area contributed by atoms with E-state index >= 15 is 0 Å². The van der Waals surface area contributed by atoms with Gasteiger partial charge in [0.2, 0.25) is 0 Å². The second-order valence-corrected chi connectivity index (χ2v) is 5.40. The van der Waals surface area contributed by atoms with Crippen molar-refractivity contribution in [1.29, 1.82) is 0 Å². The fourth-order valence-corrected chi connectivity index (χ4v) is 2.43. The van der Waals surface area contributed by atoms with Gasteiger partial charge in [-0.3, -0.25) is 4.79 Å². The summed E-state index contributed by atoms with van der Waals surface area (Å²) >= 11 is 0. The number of rotatable bonds is 0. The van der Waals surface area contributed by atoms with E-state index in [1.807, 2.05) is 0 Å². The first kappa shape index (κ1) is 15.4. The largest absolute Gasteiger partial charge is 0.385 e. The van der Waals surface area contributed by atoms with Crippen molar-refractivity contribution in [1.82, 2.24) is 0 Å². The van der Waals surface area contributed by atoms with E-state index in [2.05, 4.69) is 12.2 Å². The molecule has 0 aromatic rings. The number of allylic oxidation sites excluding steroid dienone is 2. The Kier molecular flexibility index (Phi) is 8.83. The van der Waals surface area contributed by atoms with Crippen LogP contribution in [0.1, 0.15) is 77.0 Å². The zero-order chi connectivity index (χ0) is 13.1. The van der Waals surface area contributed by atoms with Crippen molar-refractivity contribution < 1.29 is 9.90 Å². The Hall–Kier alpha value is -0.630. The molecular weight excluding hydrogens is 224 g/mol. The number of hydrogen-bond donors (Lipinski definition) is 1. The first-order valence-electron chi connectivity index (χ1n) is 7.66. The van der Waals surface area contributed by atoms with Gasteiger partial charge in [-0.05, 0) is 38.5 Å². The van der Waals surface area contributed by atoms with Gasteiger partial charge in [-0.15, -0.1) is 0 Å². The maximum Gasteiger partial charge on any atom is 0.161 e. The van der Waals surface area contributed by atoms with Gasteiger partial charge < -0.3 is 5.11 Å². The summed E-state index contributed by atoms with van der Waals surface area (Å²) in [7, 11) is 0. The minimum Gasteiger partial charge on any atom is -0.385 e. The molecule has 104 valence electrons. The maximum atomic E-state index is 11.6. The van der Waals surface area contributed by atoms with E-state index in [0.717, 1.165) is 32.1 Å². The van der Waals surface area contributed by atoms with Crippen LogP contribution in [0.15, 0.2) is 12.2 Å². The minimum absolute atomic E-state index is 0.0574. The molecule has 0 saturated heterocycles. The SMILES string of the molecule is O=C1CCCCCCCC=CCCCCCC1O. The molecule has 1 unspecified atom stereocenters. The van der Waals surface area contributed by atoms with Gasteiger partial charge in [0, 0.05) is 6.42 Å². The monoisotopic (exact) mass is 252 g/mol. The van der Waals surface area contributed by atoms with Crippen molar-refractivity contribution in [2.24, 2.45) is 0 Å². The summed E-state index contributed by atoms with van der Waals surface area (Å²) in [5.74, 6) is 0.0574. The molecule has 0 aromatic carbocycles. The van der Waals surface area contributed by atoms with Crippen molar-refractivity contribution in [3.63, 3.8) is 0 Å². The molecule has 2 heteroatoms. The molecule has 0 bridgehead atoms. The number of ketones is 1. The lowest BCUT2D eigenvalue weighted by Crippen LogP contribution is -2.19. The van der Waals surface area contributed by atoms with Crippen LogP contribution in [0.5, 0.6) is 0 Å². The van der Waals surface area contributed by atoms with Gasteiger partial charge in [-0.2, -0.15) is 0 Å². The Morgan fingerprint density at radius 2 is 1.39 bits per heavy atom. The van der Waals surface area contributed by atoms with Crippen LogP contribution in [-0.2, 0) is 4.79 Å². The number of carbonyl (C=O) groups is 1. The van der Waals surface area contributed by atoms with Gasteiger partial charge in [0.25, 0.3) is 0 Å². The summed E-state index contributed by atoms with van der Waals surface area (Å²) in [4.78, 5) is 11.6. The molecule has 0 saturated carbocycles. The summed E-state index contributed by atoms with van der Waals surface area (Å²) in [5, 5.41) is 9.72. The molecule has 1 aliphatic rings. The molecule has 0 fully saturated rings. The van der Waals surface area contributed by atoms with Crippen LogP contribution in [0.25, 0.3) is 0 Å². The van der Waals surface area contributed by atoms with Crippen LogP contribution in [0.3, 0.4) is 0 Å². The lowest BCUT2D eigenvalue weighted by molar-refractivity contribution is -0.127. The smallest absolute Gasteiger partial charge is 0.161 e. The molecule has 1 aliphatic carbocycles. The molecule has 0 heterocycles. The highest BCUT2D eigenvalue weighted by Crippen LogP contribution is 2.13. The minimum atomic E-state index is -0.701. The third-order valence-electron chi connectivity index (χ3n) is 3.68. The predicted molar refractivity (Wildman–Crippen MR) is 75.6 cm³/mol. The number of hydrogen-bond acceptors (Lipinski definition) is 2. The topological polar surface area (TPSA) is 37.3 Å². The first-order valence-corrected chi connectivity index (χ1v) is 7.66. The molecule has 0 aliphatic heterocycles. The first-order chi connectivity index (χ1) is 8.80. The highest BCUT2D eigenvalue weighted by atomic mass is 16.3. The maximum absolute atomic E-state index is 11.6. The average Bonchev–Trinajstić information content (AvgIpc) is 2.37. The normalized spacial score (nSPS) is 26.1. The fraction of sp³-hybridized carbons (Fsp3) is 0.812. The molecule has 1 N–H and O–H groups in total. The molecule has 1 rings (SSSR count). The van der Waals surface area contributed by atoms with E-state index in [1.54, 1.807) is 0 Å². The van der Waals surface area contributed by atoms with E-state index in [1.165, 1.54) is 32.1 Å². The Balaban J connectivity index is 2.28. The van der Waals surface area contributed by atoms with E-state index in [0.29, 0.717) is 12.8 Å². The molecule has 0 amide bonds. The number of Topliss-reactive ketones (excluding diaryl/α,β-unsaturated/α-hetero) is 1. The van der Waals surface area contributed by atoms with Crippen LogP contribution in [-0.4, -0.2) is 17.0 Å². The van der Waals surface area contributed by atoms with Gasteiger partial charge in [0.1, 0.15) is 6.10 Å². The standard InChI is InChI=1S/C16H28O2/c17-15-13-11-9-7-5-3-1-2-4-6-8-10-12-14-16(15)18/h1,3,15,17H,2,4-14H2. The Bertz CT molecular complexity index is 245.